The summed E-state index contributed by atoms with van der Waals surface area (Å²) in [4.78, 5) is 12.1. The maximum atomic E-state index is 12.1. The van der Waals surface area contributed by atoms with Crippen LogP contribution in [0.25, 0.3) is 11.0 Å². The fraction of sp³-hybridized carbons (Fsp3) is 0.0588. The van der Waals surface area contributed by atoms with Crippen LogP contribution in [0.3, 0.4) is 0 Å². The van der Waals surface area contributed by atoms with Gasteiger partial charge in [-0.25, -0.2) is 4.79 Å². The fourth-order valence-electron chi connectivity index (χ4n) is 2.24. The molecule has 1 heterocycles. The average molecular weight is 314 g/mol. The van der Waals surface area contributed by atoms with Gasteiger partial charge in [0.2, 0.25) is 0 Å². The molecule has 2 N–H and O–H groups in total. The van der Waals surface area contributed by atoms with Crippen LogP contribution in [0, 0.1) is 12.3 Å². The standard InChI is InChI=1S/C17H12ClNO3/c1-9-2-4-10(5-3-9)15(19)14-16(20)12-8-11(18)6-7-13(12)22-17(14)21/h2-8,19-20H,1H3. The molecule has 0 aliphatic rings. The minimum Gasteiger partial charge on any atom is -0.506 e. The summed E-state index contributed by atoms with van der Waals surface area (Å²) in [6, 6.07) is 11.7. The van der Waals surface area contributed by atoms with Crippen LogP contribution in [0.2, 0.25) is 5.02 Å². The molecular formula is C17H12ClNO3. The number of rotatable bonds is 2. The van der Waals surface area contributed by atoms with E-state index >= 15 is 0 Å². The predicted molar refractivity (Wildman–Crippen MR) is 86.3 cm³/mol. The van der Waals surface area contributed by atoms with Gasteiger partial charge in [0.1, 0.15) is 16.9 Å². The largest absolute Gasteiger partial charge is 0.506 e. The Bertz CT molecular complexity index is 943. The maximum Gasteiger partial charge on any atom is 0.349 e. The molecule has 3 rings (SSSR count). The van der Waals surface area contributed by atoms with Gasteiger partial charge in [0.05, 0.1) is 11.1 Å². The van der Waals surface area contributed by atoms with Crippen molar-refractivity contribution >= 4 is 28.3 Å². The molecule has 1 aromatic heterocycles. The van der Waals surface area contributed by atoms with E-state index in [2.05, 4.69) is 0 Å². The number of nitrogens with one attached hydrogen (secondary N) is 1. The highest BCUT2D eigenvalue weighted by Crippen LogP contribution is 2.29. The van der Waals surface area contributed by atoms with Gasteiger partial charge >= 0.3 is 5.63 Å². The number of benzene rings is 2. The Morgan fingerprint density at radius 3 is 2.55 bits per heavy atom. The van der Waals surface area contributed by atoms with Gasteiger partial charge in [-0.3, -0.25) is 5.41 Å². The van der Waals surface area contributed by atoms with E-state index < -0.39 is 5.63 Å². The van der Waals surface area contributed by atoms with Crippen molar-refractivity contribution in [3.8, 4) is 5.75 Å². The number of halogens is 1. The summed E-state index contributed by atoms with van der Waals surface area (Å²) in [7, 11) is 0. The summed E-state index contributed by atoms with van der Waals surface area (Å²) < 4.78 is 5.18. The number of aryl methyl sites for hydroxylation is 1. The zero-order valence-corrected chi connectivity index (χ0v) is 12.4. The van der Waals surface area contributed by atoms with Gasteiger partial charge in [0.25, 0.3) is 0 Å². The van der Waals surface area contributed by atoms with Crippen molar-refractivity contribution in [1.82, 2.24) is 0 Å². The number of hydrogen-bond donors (Lipinski definition) is 2. The molecule has 5 heteroatoms. The second kappa shape index (κ2) is 5.31. The highest BCUT2D eigenvalue weighted by Gasteiger charge is 2.19. The summed E-state index contributed by atoms with van der Waals surface area (Å²) >= 11 is 5.91. The van der Waals surface area contributed by atoms with Crippen LogP contribution in [-0.2, 0) is 0 Å². The van der Waals surface area contributed by atoms with Crippen molar-refractivity contribution in [3.63, 3.8) is 0 Å². The normalized spacial score (nSPS) is 10.8. The second-order valence-corrected chi connectivity index (χ2v) is 5.43. The second-order valence-electron chi connectivity index (χ2n) is 4.99. The summed E-state index contributed by atoms with van der Waals surface area (Å²) in [5.74, 6) is -0.292. The van der Waals surface area contributed by atoms with Crippen molar-refractivity contribution in [2.75, 3.05) is 0 Å². The zero-order chi connectivity index (χ0) is 15.9. The molecule has 0 saturated heterocycles. The Kier molecular flexibility index (Phi) is 3.47. The Morgan fingerprint density at radius 2 is 1.86 bits per heavy atom. The van der Waals surface area contributed by atoms with Gasteiger partial charge in [-0.2, -0.15) is 0 Å². The molecule has 0 spiro atoms. The number of fused-ring (bicyclic) bond motifs is 1. The van der Waals surface area contributed by atoms with Gasteiger partial charge in [-0.1, -0.05) is 41.4 Å². The van der Waals surface area contributed by atoms with Crippen LogP contribution < -0.4 is 5.63 Å². The Hall–Kier alpha value is -2.59. The molecule has 0 atom stereocenters. The minimum atomic E-state index is -0.752. The molecule has 0 bridgehead atoms. The van der Waals surface area contributed by atoms with Gasteiger partial charge in [0.15, 0.2) is 0 Å². The van der Waals surface area contributed by atoms with Crippen molar-refractivity contribution in [3.05, 3.63) is 74.6 Å². The van der Waals surface area contributed by atoms with Crippen molar-refractivity contribution in [2.45, 2.75) is 6.92 Å². The summed E-state index contributed by atoms with van der Waals surface area (Å²) in [6.45, 7) is 1.93. The molecule has 2 aromatic carbocycles. The fourth-order valence-corrected chi connectivity index (χ4v) is 2.42. The van der Waals surface area contributed by atoms with Crippen LogP contribution in [0.15, 0.2) is 51.7 Å². The third-order valence-corrected chi connectivity index (χ3v) is 3.67. The first-order chi connectivity index (χ1) is 10.5. The highest BCUT2D eigenvalue weighted by molar-refractivity contribution is 6.31. The van der Waals surface area contributed by atoms with Gasteiger partial charge in [-0.15, -0.1) is 0 Å². The van der Waals surface area contributed by atoms with Gasteiger partial charge in [0, 0.05) is 10.6 Å². The first-order valence-corrected chi connectivity index (χ1v) is 6.96. The molecular weight excluding hydrogens is 302 g/mol. The summed E-state index contributed by atoms with van der Waals surface area (Å²) in [5, 5.41) is 19.3. The minimum absolute atomic E-state index is 0.0897. The van der Waals surface area contributed by atoms with Crippen LogP contribution >= 0.6 is 11.6 Å². The molecule has 0 aliphatic carbocycles. The molecule has 0 aliphatic heterocycles. The third kappa shape index (κ3) is 2.38. The first kappa shape index (κ1) is 14.4. The van der Waals surface area contributed by atoms with E-state index in [1.807, 2.05) is 19.1 Å². The van der Waals surface area contributed by atoms with Crippen LogP contribution in [-0.4, -0.2) is 10.8 Å². The van der Waals surface area contributed by atoms with Crippen LogP contribution in [0.4, 0.5) is 0 Å². The van der Waals surface area contributed by atoms with Crippen molar-refractivity contribution in [2.24, 2.45) is 0 Å². The zero-order valence-electron chi connectivity index (χ0n) is 11.7. The molecule has 0 radical (unpaired) electrons. The summed E-state index contributed by atoms with van der Waals surface area (Å²) in [6.07, 6.45) is 0. The summed E-state index contributed by atoms with van der Waals surface area (Å²) in [5.41, 5.74) is 0.782. The lowest BCUT2D eigenvalue weighted by Crippen LogP contribution is -2.15. The lowest BCUT2D eigenvalue weighted by atomic mass is 10.0. The van der Waals surface area contributed by atoms with E-state index in [1.54, 1.807) is 18.2 Å². The quantitative estimate of drug-likeness (QED) is 0.557. The van der Waals surface area contributed by atoms with E-state index in [0.29, 0.717) is 16.0 Å². The molecule has 110 valence electrons. The van der Waals surface area contributed by atoms with E-state index in [0.717, 1.165) is 5.56 Å². The van der Waals surface area contributed by atoms with E-state index in [1.165, 1.54) is 12.1 Å². The molecule has 0 unspecified atom stereocenters. The van der Waals surface area contributed by atoms with E-state index in [9.17, 15) is 9.90 Å². The molecule has 22 heavy (non-hydrogen) atoms. The monoisotopic (exact) mass is 313 g/mol. The molecule has 4 nitrogen and oxygen atoms in total. The number of hydrogen-bond acceptors (Lipinski definition) is 4. The topological polar surface area (TPSA) is 74.3 Å². The maximum absolute atomic E-state index is 12.1. The highest BCUT2D eigenvalue weighted by atomic mass is 35.5. The van der Waals surface area contributed by atoms with Gasteiger partial charge in [-0.05, 0) is 25.1 Å². The molecule has 3 aromatic rings. The Labute approximate surface area is 131 Å². The predicted octanol–water partition coefficient (Wildman–Crippen LogP) is 3.88. The Morgan fingerprint density at radius 1 is 1.18 bits per heavy atom. The van der Waals surface area contributed by atoms with Gasteiger partial charge < -0.3 is 9.52 Å². The SMILES string of the molecule is Cc1ccc(C(=N)c2c(O)c3cc(Cl)ccc3oc2=O)cc1. The van der Waals surface area contributed by atoms with Crippen LogP contribution in [0.5, 0.6) is 5.75 Å². The molecule has 0 fully saturated rings. The first-order valence-electron chi connectivity index (χ1n) is 6.58. The van der Waals surface area contributed by atoms with E-state index in [-0.39, 0.29) is 22.6 Å². The lowest BCUT2D eigenvalue weighted by Gasteiger charge is -2.08. The smallest absolute Gasteiger partial charge is 0.349 e. The number of aromatic hydroxyl groups is 1. The lowest BCUT2D eigenvalue weighted by molar-refractivity contribution is 0.466. The van der Waals surface area contributed by atoms with E-state index in [4.69, 9.17) is 21.4 Å². The molecule has 0 saturated carbocycles. The van der Waals surface area contributed by atoms with Crippen molar-refractivity contribution < 1.29 is 9.52 Å². The Balaban J connectivity index is 2.24. The third-order valence-electron chi connectivity index (χ3n) is 3.43. The van der Waals surface area contributed by atoms with Crippen LogP contribution in [0.1, 0.15) is 16.7 Å². The average Bonchev–Trinajstić information content (AvgIpc) is 2.49. The van der Waals surface area contributed by atoms with Crippen molar-refractivity contribution in [1.29, 1.82) is 5.41 Å². The molecule has 0 amide bonds.